The summed E-state index contributed by atoms with van der Waals surface area (Å²) in [7, 11) is 0. The van der Waals surface area contributed by atoms with Gasteiger partial charge in [-0.15, -0.1) is 0 Å². The number of carboxylic acids is 1. The molecule has 1 aromatic rings. The average molecular weight is 501 g/mol. The van der Waals surface area contributed by atoms with Gasteiger partial charge in [-0.3, -0.25) is 19.3 Å². The van der Waals surface area contributed by atoms with Crippen molar-refractivity contribution in [2.24, 2.45) is 11.5 Å². The van der Waals surface area contributed by atoms with Crippen LogP contribution in [0.3, 0.4) is 0 Å². The topological polar surface area (TPSA) is 156 Å². The Balaban J connectivity index is 2.06. The second kappa shape index (κ2) is 12.1. The normalized spacial score (nSPS) is 20.2. The molecule has 0 aromatic heterocycles. The van der Waals surface area contributed by atoms with Crippen LogP contribution in [0.4, 0.5) is 13.2 Å². The highest BCUT2D eigenvalue weighted by Crippen LogP contribution is 2.35. The van der Waals surface area contributed by atoms with Gasteiger partial charge in [-0.05, 0) is 50.5 Å². The number of halogens is 3. The lowest BCUT2D eigenvalue weighted by atomic mass is 9.84. The van der Waals surface area contributed by atoms with Gasteiger partial charge < -0.3 is 21.9 Å². The Morgan fingerprint density at radius 2 is 1.77 bits per heavy atom. The number of nitrogens with two attached hydrogens (primary N) is 2. The number of ketones is 1. The molecule has 12 heteroatoms. The van der Waals surface area contributed by atoms with Crippen LogP contribution < -0.4 is 16.8 Å². The summed E-state index contributed by atoms with van der Waals surface area (Å²) in [5, 5.41) is 11.8. The molecule has 1 aromatic carbocycles. The lowest BCUT2D eigenvalue weighted by molar-refractivity contribution is -0.173. The Kier molecular flexibility index (Phi) is 9.78. The Morgan fingerprint density at radius 3 is 2.34 bits per heavy atom. The largest absolute Gasteiger partial charge is 0.480 e. The second-order valence-electron chi connectivity index (χ2n) is 8.63. The zero-order chi connectivity index (χ0) is 26.2. The molecule has 1 fully saturated rings. The first-order chi connectivity index (χ1) is 16.4. The summed E-state index contributed by atoms with van der Waals surface area (Å²) in [4.78, 5) is 50.2. The van der Waals surface area contributed by atoms with Crippen molar-refractivity contribution in [2.45, 2.75) is 68.7 Å². The van der Waals surface area contributed by atoms with Gasteiger partial charge in [-0.2, -0.15) is 13.2 Å². The van der Waals surface area contributed by atoms with Crippen molar-refractivity contribution in [3.63, 3.8) is 0 Å². The molecule has 0 radical (unpaired) electrons. The first kappa shape index (κ1) is 28.2. The highest BCUT2D eigenvalue weighted by Gasteiger charge is 2.57. The molecule has 1 aliphatic heterocycles. The predicted molar refractivity (Wildman–Crippen MR) is 120 cm³/mol. The lowest BCUT2D eigenvalue weighted by Crippen LogP contribution is -2.65. The van der Waals surface area contributed by atoms with Crippen molar-refractivity contribution in [2.75, 3.05) is 13.1 Å². The van der Waals surface area contributed by atoms with Gasteiger partial charge in [0.1, 0.15) is 0 Å². The minimum absolute atomic E-state index is 0.00877. The standard InChI is InChI=1S/C23H31F3N4O5/c24-23(25,26)20(33)29-13-5-4-9-16(27)18(31)22(21(34)35)12-6-14-30(22)17(19(28)32)11-10-15-7-2-1-3-8-15/h1-3,7-8,16-17H,4-6,9-14,27H2,(H2,28,32)(H,29,33)(H,34,35)/t16-,17?,22+/m0/s1. The van der Waals surface area contributed by atoms with Crippen molar-refractivity contribution < 1.29 is 37.5 Å². The minimum atomic E-state index is -4.98. The maximum atomic E-state index is 13.3. The van der Waals surface area contributed by atoms with Gasteiger partial charge in [0.15, 0.2) is 11.3 Å². The number of primary amides is 1. The van der Waals surface area contributed by atoms with E-state index in [4.69, 9.17) is 11.5 Å². The van der Waals surface area contributed by atoms with Gasteiger partial charge >= 0.3 is 18.1 Å². The third-order valence-electron chi connectivity index (χ3n) is 6.26. The van der Waals surface area contributed by atoms with Crippen LogP contribution in [0.2, 0.25) is 0 Å². The van der Waals surface area contributed by atoms with Gasteiger partial charge in [-0.1, -0.05) is 30.3 Å². The number of benzene rings is 1. The van der Waals surface area contributed by atoms with E-state index in [-0.39, 0.29) is 45.2 Å². The Labute approximate surface area is 201 Å². The van der Waals surface area contributed by atoms with Crippen LogP contribution in [0.15, 0.2) is 30.3 Å². The second-order valence-corrected chi connectivity index (χ2v) is 8.63. The summed E-state index contributed by atoms with van der Waals surface area (Å²) in [6.45, 7) is -0.0880. The van der Waals surface area contributed by atoms with Gasteiger partial charge in [-0.25, -0.2) is 4.79 Å². The molecule has 3 atom stereocenters. The molecular weight excluding hydrogens is 469 g/mol. The van der Waals surface area contributed by atoms with Crippen molar-refractivity contribution in [3.05, 3.63) is 35.9 Å². The molecule has 0 spiro atoms. The van der Waals surface area contributed by atoms with Crippen molar-refractivity contribution >= 4 is 23.6 Å². The van der Waals surface area contributed by atoms with E-state index in [1.807, 2.05) is 30.3 Å². The zero-order valence-electron chi connectivity index (χ0n) is 19.2. The van der Waals surface area contributed by atoms with Crippen LogP contribution in [-0.2, 0) is 25.6 Å². The number of nitrogens with one attached hydrogen (secondary N) is 1. The number of likely N-dealkylation sites (tertiary alicyclic amines) is 1. The number of unbranched alkanes of at least 4 members (excludes halogenated alkanes) is 1. The van der Waals surface area contributed by atoms with Gasteiger partial charge in [0.2, 0.25) is 5.91 Å². The molecule has 6 N–H and O–H groups in total. The summed E-state index contributed by atoms with van der Waals surface area (Å²) in [6.07, 6.45) is -3.69. The fraction of sp³-hybridized carbons (Fsp3) is 0.565. The van der Waals surface area contributed by atoms with Crippen LogP contribution in [-0.4, -0.2) is 70.5 Å². The number of carboxylic acid groups (broad SMARTS) is 1. The highest BCUT2D eigenvalue weighted by atomic mass is 19.4. The molecule has 9 nitrogen and oxygen atoms in total. The molecular formula is C23H31F3N4O5. The van der Waals surface area contributed by atoms with Crippen LogP contribution in [0, 0.1) is 0 Å². The smallest absolute Gasteiger partial charge is 0.471 e. The summed E-state index contributed by atoms with van der Waals surface area (Å²) < 4.78 is 36.7. The minimum Gasteiger partial charge on any atom is -0.480 e. The first-order valence-corrected chi connectivity index (χ1v) is 11.4. The van der Waals surface area contributed by atoms with Crippen molar-refractivity contribution in [1.82, 2.24) is 10.2 Å². The molecule has 1 unspecified atom stereocenters. The van der Waals surface area contributed by atoms with E-state index in [1.54, 1.807) is 5.32 Å². The Morgan fingerprint density at radius 1 is 1.11 bits per heavy atom. The summed E-state index contributed by atoms with van der Waals surface area (Å²) in [5.41, 5.74) is 10.5. The number of Topliss-reactive ketones (excluding diaryl/α,β-unsaturated/α-hetero) is 1. The summed E-state index contributed by atoms with van der Waals surface area (Å²) in [6, 6.07) is 7.03. The molecule has 35 heavy (non-hydrogen) atoms. The Hall–Kier alpha value is -2.99. The average Bonchev–Trinajstić information content (AvgIpc) is 3.24. The van der Waals surface area contributed by atoms with Crippen LogP contribution in [0.1, 0.15) is 44.1 Å². The molecule has 0 saturated carbocycles. The zero-order valence-corrected chi connectivity index (χ0v) is 19.2. The molecule has 194 valence electrons. The number of carbonyl (C=O) groups excluding carboxylic acids is 3. The quantitative estimate of drug-likeness (QED) is 0.234. The molecule has 1 saturated heterocycles. The van der Waals surface area contributed by atoms with Gasteiger partial charge in [0.05, 0.1) is 12.1 Å². The number of alkyl halides is 3. The van der Waals surface area contributed by atoms with E-state index < -0.39 is 47.4 Å². The van der Waals surface area contributed by atoms with E-state index in [0.717, 1.165) is 5.56 Å². The lowest BCUT2D eigenvalue weighted by Gasteiger charge is -2.39. The fourth-order valence-corrected chi connectivity index (χ4v) is 4.49. The number of aryl methyl sites for hydroxylation is 1. The molecule has 1 aliphatic rings. The number of nitrogens with zero attached hydrogens (tertiary/aromatic N) is 1. The van der Waals surface area contributed by atoms with Gasteiger partial charge in [0, 0.05) is 13.1 Å². The third kappa shape index (κ3) is 7.01. The van der Waals surface area contributed by atoms with E-state index >= 15 is 0 Å². The van der Waals surface area contributed by atoms with E-state index in [9.17, 15) is 37.5 Å². The van der Waals surface area contributed by atoms with E-state index in [1.165, 1.54) is 4.90 Å². The van der Waals surface area contributed by atoms with Gasteiger partial charge in [0.25, 0.3) is 0 Å². The van der Waals surface area contributed by atoms with E-state index in [0.29, 0.717) is 12.8 Å². The van der Waals surface area contributed by atoms with Crippen LogP contribution in [0.5, 0.6) is 0 Å². The SMILES string of the molecule is NC(=O)C(CCc1ccccc1)N1CCC[C@]1(C(=O)O)C(=O)[C@@H](N)CCCCNC(=O)C(F)(F)F. The summed E-state index contributed by atoms with van der Waals surface area (Å²) in [5.74, 6) is -4.99. The molecule has 0 aliphatic carbocycles. The Bertz CT molecular complexity index is 912. The molecule has 0 bridgehead atoms. The third-order valence-corrected chi connectivity index (χ3v) is 6.26. The number of carbonyl (C=O) groups is 4. The maximum Gasteiger partial charge on any atom is 0.471 e. The molecule has 2 rings (SSSR count). The van der Waals surface area contributed by atoms with E-state index in [2.05, 4.69) is 0 Å². The van der Waals surface area contributed by atoms with Crippen molar-refractivity contribution in [3.8, 4) is 0 Å². The monoisotopic (exact) mass is 500 g/mol. The maximum absolute atomic E-state index is 13.3. The first-order valence-electron chi connectivity index (χ1n) is 11.4. The highest BCUT2D eigenvalue weighted by molar-refractivity contribution is 6.10. The van der Waals surface area contributed by atoms with Crippen LogP contribution >= 0.6 is 0 Å². The predicted octanol–water partition coefficient (Wildman–Crippen LogP) is 1.14. The van der Waals surface area contributed by atoms with Crippen LogP contribution in [0.25, 0.3) is 0 Å². The number of hydrogen-bond donors (Lipinski definition) is 4. The molecule has 2 amide bonds. The number of amides is 2. The number of aliphatic carboxylic acids is 1. The molecule has 1 heterocycles. The number of rotatable bonds is 13. The number of hydrogen-bond acceptors (Lipinski definition) is 6. The van der Waals surface area contributed by atoms with Crippen molar-refractivity contribution in [1.29, 1.82) is 0 Å². The fourth-order valence-electron chi connectivity index (χ4n) is 4.49. The summed E-state index contributed by atoms with van der Waals surface area (Å²) >= 11 is 0.